The minimum atomic E-state index is -0.544. The first-order valence-corrected chi connectivity index (χ1v) is 32.4. The molecule has 0 radical (unpaired) electrons. The average molecular weight is 1150 g/mol. The summed E-state index contributed by atoms with van der Waals surface area (Å²) in [6.45, 7) is 17.5. The van der Waals surface area contributed by atoms with Gasteiger partial charge in [-0.15, -0.1) is 23.5 Å². The second-order valence-corrected chi connectivity index (χ2v) is 25.5. The van der Waals surface area contributed by atoms with E-state index >= 15 is 0 Å². The number of alkyl carbamates (subject to hydrolysis) is 1. The van der Waals surface area contributed by atoms with Crippen LogP contribution in [0, 0.1) is 5.92 Å². The number of carbonyl (C=O) groups is 1. The number of rotatable bonds is 25. The third kappa shape index (κ3) is 20.0. The molecule has 5 atom stereocenters. The largest absolute Gasteiger partial charge is 0.444 e. The zero-order chi connectivity index (χ0) is 57.7. The van der Waals surface area contributed by atoms with E-state index in [1.807, 2.05) is 44.3 Å². The Bertz CT molecular complexity index is 2490. The predicted molar refractivity (Wildman–Crippen MR) is 347 cm³/mol. The van der Waals surface area contributed by atoms with Crippen molar-refractivity contribution >= 4 is 29.6 Å². The van der Waals surface area contributed by atoms with Crippen LogP contribution in [0.4, 0.5) is 4.79 Å². The Morgan fingerprint density at radius 3 is 1.61 bits per heavy atom. The maximum absolute atomic E-state index is 12.6. The van der Waals surface area contributed by atoms with Crippen molar-refractivity contribution in [3.05, 3.63) is 228 Å². The summed E-state index contributed by atoms with van der Waals surface area (Å²) in [6, 6.07) is 66.5. The summed E-state index contributed by atoms with van der Waals surface area (Å²) in [7, 11) is 0. The van der Waals surface area contributed by atoms with Crippen LogP contribution in [0.5, 0.6) is 0 Å². The van der Waals surface area contributed by atoms with Gasteiger partial charge in [0.05, 0.1) is 15.6 Å². The molecule has 1 saturated heterocycles. The van der Waals surface area contributed by atoms with E-state index in [-0.39, 0.29) is 35.1 Å². The highest BCUT2D eigenvalue weighted by molar-refractivity contribution is 8.00. The molecular formula is C71H95N5O4S2. The van der Waals surface area contributed by atoms with Gasteiger partial charge in [-0.1, -0.05) is 234 Å². The van der Waals surface area contributed by atoms with Crippen LogP contribution < -0.4 is 26.6 Å². The van der Waals surface area contributed by atoms with Crippen LogP contribution in [0.2, 0.25) is 0 Å². The fourth-order valence-electron chi connectivity index (χ4n) is 10.8. The number of carbonyl (C=O) groups excluding carboxylic acids is 1. The molecule has 1 amide bonds. The van der Waals surface area contributed by atoms with Crippen molar-refractivity contribution in [2.75, 3.05) is 57.4 Å². The minimum Gasteiger partial charge on any atom is -0.444 e. The number of benzene rings is 6. The molecule has 1 aliphatic rings. The summed E-state index contributed by atoms with van der Waals surface area (Å²) in [5.41, 5.74) is 7.05. The Morgan fingerprint density at radius 1 is 0.622 bits per heavy atom. The van der Waals surface area contributed by atoms with E-state index in [0.717, 1.165) is 89.1 Å². The Hall–Kier alpha value is -5.21. The van der Waals surface area contributed by atoms with Crippen LogP contribution >= 0.6 is 23.5 Å². The van der Waals surface area contributed by atoms with Crippen LogP contribution in [0.15, 0.2) is 194 Å². The smallest absolute Gasteiger partial charge is 0.407 e. The molecule has 440 valence electrons. The van der Waals surface area contributed by atoms with E-state index in [0.29, 0.717) is 25.6 Å². The Balaban J connectivity index is 1.15. The fraction of sp³-hybridized carbons (Fsp3) is 0.451. The molecule has 0 bridgehead atoms. The van der Waals surface area contributed by atoms with Crippen molar-refractivity contribution in [1.82, 2.24) is 26.6 Å². The normalized spacial score (nSPS) is 19.2. The molecule has 0 aromatic heterocycles. The highest BCUT2D eigenvalue weighted by Crippen LogP contribution is 2.50. The first kappa shape index (κ1) is 64.4. The van der Waals surface area contributed by atoms with Gasteiger partial charge in [0.25, 0.3) is 0 Å². The lowest BCUT2D eigenvalue weighted by Crippen LogP contribution is -2.52. The van der Waals surface area contributed by atoms with E-state index < -0.39 is 16.6 Å². The number of nitrogens with one attached hydrogen (secondary N) is 5. The number of amides is 1. The summed E-state index contributed by atoms with van der Waals surface area (Å²) >= 11 is 4.01. The molecule has 6 aromatic carbocycles. The van der Waals surface area contributed by atoms with Gasteiger partial charge in [0.2, 0.25) is 0 Å². The van der Waals surface area contributed by atoms with Crippen LogP contribution in [0.25, 0.3) is 0 Å². The maximum Gasteiger partial charge on any atom is 0.407 e. The maximum atomic E-state index is 12.6. The number of ether oxygens (including phenoxy) is 3. The molecule has 0 aliphatic carbocycles. The molecule has 11 heteroatoms. The topological polar surface area (TPSA) is 105 Å². The van der Waals surface area contributed by atoms with Crippen molar-refractivity contribution in [1.29, 1.82) is 0 Å². The summed E-state index contributed by atoms with van der Waals surface area (Å²) in [5, 5.41) is 19.1. The number of hydrogen-bond donors (Lipinski definition) is 5. The Morgan fingerprint density at radius 2 is 1.12 bits per heavy atom. The molecule has 82 heavy (non-hydrogen) atoms. The number of thioether (sulfide) groups is 2. The summed E-state index contributed by atoms with van der Waals surface area (Å²) in [4.78, 5) is 12.6. The van der Waals surface area contributed by atoms with Crippen molar-refractivity contribution < 1.29 is 19.0 Å². The van der Waals surface area contributed by atoms with Gasteiger partial charge >= 0.3 is 6.09 Å². The quantitative estimate of drug-likeness (QED) is 0.0216. The molecular weight excluding hydrogens is 1050 g/mol. The van der Waals surface area contributed by atoms with Gasteiger partial charge in [0, 0.05) is 63.2 Å². The second kappa shape index (κ2) is 34.5. The third-order valence-corrected chi connectivity index (χ3v) is 18.5. The predicted octanol–water partition coefficient (Wildman–Crippen LogP) is 14.5. The van der Waals surface area contributed by atoms with Gasteiger partial charge in [-0.05, 0) is 104 Å². The van der Waals surface area contributed by atoms with Crippen LogP contribution in [0.3, 0.4) is 0 Å². The standard InChI is InChI=1S/C71H95N5O4S2/c1-7-8-30-49-78-67-54-72-53-66(56(2)3)76-52-64(55-82-71(60-38-21-12-22-39-60,61-40-23-13-24-41-61)62-42-25-14-26-43-62)75-51-63(44-27-29-47-74-68(77)80-69(4,5)6)73-48-46-65(79-67)45-28-31-50-81-70(57-32-15-9-16-33-57,58-34-17-10-18-35-58)59-36-19-11-20-37-59/h9-26,28,32-43,45,56,63-67,72-73,75-76H,7-8,27,29-31,44,46-55H2,1-6H3,(H,74,77)/b45-28+. The molecule has 1 heterocycles. The molecule has 0 spiro atoms. The first-order valence-electron chi connectivity index (χ1n) is 30.4. The van der Waals surface area contributed by atoms with Crippen LogP contribution in [-0.4, -0.2) is 99.6 Å². The summed E-state index contributed by atoms with van der Waals surface area (Å²) in [6.07, 6.45) is 11.3. The Labute approximate surface area is 501 Å². The average Bonchev–Trinajstić information content (AvgIpc) is 2.63. The van der Waals surface area contributed by atoms with Crippen molar-refractivity contribution in [2.24, 2.45) is 5.92 Å². The molecule has 1 aliphatic heterocycles. The molecule has 0 saturated carbocycles. The number of allylic oxidation sites excluding steroid dienone is 1. The highest BCUT2D eigenvalue weighted by Gasteiger charge is 2.39. The fourth-order valence-corrected chi connectivity index (χ4v) is 13.9. The van der Waals surface area contributed by atoms with Crippen molar-refractivity contribution in [2.45, 2.75) is 139 Å². The zero-order valence-electron chi connectivity index (χ0n) is 49.9. The minimum absolute atomic E-state index is 0.128. The van der Waals surface area contributed by atoms with Gasteiger partial charge < -0.3 is 40.8 Å². The highest BCUT2D eigenvalue weighted by atomic mass is 32.2. The van der Waals surface area contributed by atoms with E-state index in [4.69, 9.17) is 14.2 Å². The monoisotopic (exact) mass is 1150 g/mol. The van der Waals surface area contributed by atoms with Crippen molar-refractivity contribution in [3.63, 3.8) is 0 Å². The van der Waals surface area contributed by atoms with Crippen LogP contribution in [0.1, 0.15) is 126 Å². The van der Waals surface area contributed by atoms with Gasteiger partial charge in [0.15, 0.2) is 6.29 Å². The molecule has 7 rings (SSSR count). The van der Waals surface area contributed by atoms with E-state index in [2.05, 4.69) is 241 Å². The lowest BCUT2D eigenvalue weighted by Gasteiger charge is -2.37. The zero-order valence-corrected chi connectivity index (χ0v) is 51.5. The number of unbranched alkanes of at least 4 members (excludes halogenated alkanes) is 3. The lowest BCUT2D eigenvalue weighted by atomic mass is 9.84. The second-order valence-electron chi connectivity index (χ2n) is 23.0. The van der Waals surface area contributed by atoms with Gasteiger partial charge in [-0.3, -0.25) is 0 Å². The van der Waals surface area contributed by atoms with Crippen molar-refractivity contribution in [3.8, 4) is 0 Å². The Kier molecular flexibility index (Phi) is 27.1. The molecule has 1 fully saturated rings. The van der Waals surface area contributed by atoms with E-state index in [1.165, 1.54) is 33.4 Å². The summed E-state index contributed by atoms with van der Waals surface area (Å²) < 4.78 is 18.5. The van der Waals surface area contributed by atoms with E-state index in [1.54, 1.807) is 0 Å². The summed E-state index contributed by atoms with van der Waals surface area (Å²) in [5.74, 6) is 2.14. The molecule has 5 unspecified atom stereocenters. The lowest BCUT2D eigenvalue weighted by molar-refractivity contribution is -0.159. The third-order valence-electron chi connectivity index (χ3n) is 15.2. The SMILES string of the molecule is CCCCCOC1CNCC(C(C)C)NCC(CSC(c2ccccc2)(c2ccccc2)c2ccccc2)NCC(CCCCNC(=O)OC(C)(C)C)NCCC(/C=C/CCSC(c2ccccc2)(c2ccccc2)c2ccccc2)O1. The van der Waals surface area contributed by atoms with Gasteiger partial charge in [0.1, 0.15) is 5.60 Å². The van der Waals surface area contributed by atoms with Gasteiger partial charge in [-0.2, -0.15) is 0 Å². The molecule has 9 nitrogen and oxygen atoms in total. The van der Waals surface area contributed by atoms with E-state index in [9.17, 15) is 4.79 Å². The first-order chi connectivity index (χ1) is 40.0. The van der Waals surface area contributed by atoms with Crippen LogP contribution in [-0.2, 0) is 23.7 Å². The molecule has 6 aromatic rings. The van der Waals surface area contributed by atoms with Gasteiger partial charge in [-0.25, -0.2) is 4.79 Å². The molecule has 5 N–H and O–H groups in total. The number of hydrogen-bond acceptors (Lipinski definition) is 10.